The summed E-state index contributed by atoms with van der Waals surface area (Å²) in [7, 11) is 0. The molecule has 3 heterocycles. The minimum Gasteiger partial charge on any atom is -0.465 e. The summed E-state index contributed by atoms with van der Waals surface area (Å²) in [6.45, 7) is 11.9. The van der Waals surface area contributed by atoms with Gasteiger partial charge >= 0.3 is 5.97 Å². The first-order valence-electron chi connectivity index (χ1n) is 14.2. The first kappa shape index (κ1) is 29.3. The number of alkyl halides is 1. The third-order valence-electron chi connectivity index (χ3n) is 9.27. The Kier molecular flexibility index (Phi) is 9.41. The summed E-state index contributed by atoms with van der Waals surface area (Å²) < 4.78 is 12.2. The average Bonchev–Trinajstić information content (AvgIpc) is 3.51. The molecule has 3 saturated heterocycles. The quantitative estimate of drug-likeness (QED) is 0.160. The van der Waals surface area contributed by atoms with E-state index in [0.29, 0.717) is 19.4 Å². The van der Waals surface area contributed by atoms with Crippen molar-refractivity contribution in [3.8, 4) is 0 Å². The molecule has 1 saturated carbocycles. The number of ether oxygens (including phenoxy) is 2. The van der Waals surface area contributed by atoms with Crippen molar-refractivity contribution in [2.75, 3.05) is 19.8 Å². The summed E-state index contributed by atoms with van der Waals surface area (Å²) in [5, 5.41) is 10.5. The standard InChI is InChI=1S/C29H43BrN2O6/c1-5-8-15-37-28(36)22-23-26(34)32(21(17-33)18(4)7-3)25(29(23)16-20(30)24(22)38-29)27(35)31(14-6-2)19-12-10-9-11-13-19/h5-6,18-25,33H,1-2,7-17H2,3-4H3/t18-,20?,21-,22+,23-,24+,25?,29?/m0/s1. The van der Waals surface area contributed by atoms with E-state index in [0.717, 1.165) is 38.5 Å². The maximum absolute atomic E-state index is 14.6. The number of esters is 1. The van der Waals surface area contributed by atoms with Gasteiger partial charge in [-0.2, -0.15) is 0 Å². The number of rotatable bonds is 12. The summed E-state index contributed by atoms with van der Waals surface area (Å²) in [5.74, 6) is -2.64. The number of carbonyl (C=O) groups excluding carboxylic acids is 3. The number of aliphatic hydroxyl groups is 1. The fourth-order valence-electron chi connectivity index (χ4n) is 7.23. The van der Waals surface area contributed by atoms with E-state index in [4.69, 9.17) is 9.47 Å². The largest absolute Gasteiger partial charge is 0.465 e. The number of carbonyl (C=O) groups is 3. The maximum atomic E-state index is 14.6. The van der Waals surface area contributed by atoms with Gasteiger partial charge in [0, 0.05) is 17.4 Å². The lowest BCUT2D eigenvalue weighted by molar-refractivity contribution is -0.157. The van der Waals surface area contributed by atoms with Crippen molar-refractivity contribution in [1.29, 1.82) is 0 Å². The summed E-state index contributed by atoms with van der Waals surface area (Å²) >= 11 is 3.71. The second kappa shape index (κ2) is 12.2. The van der Waals surface area contributed by atoms with E-state index < -0.39 is 41.6 Å². The minimum absolute atomic E-state index is 0.0491. The Hall–Kier alpha value is -1.71. The first-order chi connectivity index (χ1) is 18.3. The average molecular weight is 596 g/mol. The zero-order valence-electron chi connectivity index (χ0n) is 22.7. The monoisotopic (exact) mass is 594 g/mol. The normalized spacial score (nSPS) is 34.1. The molecule has 1 spiro atoms. The van der Waals surface area contributed by atoms with Crippen LogP contribution in [0.2, 0.25) is 0 Å². The number of hydrogen-bond donors (Lipinski definition) is 1. The van der Waals surface area contributed by atoms with Gasteiger partial charge in [0.1, 0.15) is 11.6 Å². The Bertz CT molecular complexity index is 923. The molecule has 0 aromatic heterocycles. The van der Waals surface area contributed by atoms with Crippen LogP contribution in [0.3, 0.4) is 0 Å². The molecule has 8 atom stereocenters. The third kappa shape index (κ3) is 4.87. The van der Waals surface area contributed by atoms with Gasteiger partial charge in [-0.05, 0) is 31.6 Å². The predicted molar refractivity (Wildman–Crippen MR) is 147 cm³/mol. The summed E-state index contributed by atoms with van der Waals surface area (Å²) in [5.41, 5.74) is -1.16. The van der Waals surface area contributed by atoms with Crippen LogP contribution in [0.1, 0.15) is 65.2 Å². The van der Waals surface area contributed by atoms with Gasteiger partial charge < -0.3 is 24.4 Å². The summed E-state index contributed by atoms with van der Waals surface area (Å²) in [6.07, 6.45) is 9.61. The fraction of sp³-hybridized carbons (Fsp3) is 0.759. The van der Waals surface area contributed by atoms with Crippen LogP contribution in [-0.4, -0.2) is 87.1 Å². The molecule has 2 amide bonds. The van der Waals surface area contributed by atoms with Gasteiger partial charge in [-0.15, -0.1) is 13.2 Å². The van der Waals surface area contributed by atoms with Crippen molar-refractivity contribution in [2.24, 2.45) is 17.8 Å². The van der Waals surface area contributed by atoms with Crippen LogP contribution in [0.15, 0.2) is 25.3 Å². The number of likely N-dealkylation sites (tertiary alicyclic amines) is 1. The van der Waals surface area contributed by atoms with Crippen LogP contribution in [0.4, 0.5) is 0 Å². The van der Waals surface area contributed by atoms with E-state index in [9.17, 15) is 19.5 Å². The second-order valence-electron chi connectivity index (χ2n) is 11.4. The highest BCUT2D eigenvalue weighted by molar-refractivity contribution is 9.09. The number of nitrogens with zero attached hydrogens (tertiary/aromatic N) is 2. The smallest absolute Gasteiger partial charge is 0.312 e. The molecule has 0 aromatic carbocycles. The molecule has 1 N–H and O–H groups in total. The minimum atomic E-state index is -1.16. The molecule has 8 nitrogen and oxygen atoms in total. The molecule has 2 bridgehead atoms. The van der Waals surface area contributed by atoms with Gasteiger partial charge in [0.2, 0.25) is 11.8 Å². The highest BCUT2D eigenvalue weighted by Crippen LogP contribution is 2.61. The van der Waals surface area contributed by atoms with E-state index >= 15 is 0 Å². The van der Waals surface area contributed by atoms with E-state index in [1.54, 1.807) is 17.1 Å². The van der Waals surface area contributed by atoms with Crippen molar-refractivity contribution in [3.63, 3.8) is 0 Å². The maximum Gasteiger partial charge on any atom is 0.312 e. The lowest BCUT2D eigenvalue weighted by Crippen LogP contribution is -2.61. The SMILES string of the molecule is C=CCCOC(=O)[C@H]1[C@@H]2OC3(CC2Br)C(C(=O)N(CC=C)C2CCCCC2)N([C@@H](CO)[C@@H](C)CC)C(=O)[C@H]13. The van der Waals surface area contributed by atoms with Crippen LogP contribution in [0.5, 0.6) is 0 Å². The molecule has 3 aliphatic heterocycles. The molecule has 212 valence electrons. The predicted octanol–water partition coefficient (Wildman–Crippen LogP) is 3.61. The molecule has 9 heteroatoms. The third-order valence-corrected chi connectivity index (χ3v) is 10.1. The Morgan fingerprint density at radius 2 is 2.00 bits per heavy atom. The summed E-state index contributed by atoms with van der Waals surface area (Å²) in [6, 6.07) is -1.42. The molecular formula is C29H43BrN2O6. The number of hydrogen-bond acceptors (Lipinski definition) is 6. The highest BCUT2D eigenvalue weighted by Gasteiger charge is 2.77. The van der Waals surface area contributed by atoms with Crippen LogP contribution < -0.4 is 0 Å². The fourth-order valence-corrected chi connectivity index (χ4v) is 8.18. The van der Waals surface area contributed by atoms with E-state index in [2.05, 4.69) is 29.1 Å². The van der Waals surface area contributed by atoms with Crippen LogP contribution >= 0.6 is 15.9 Å². The summed E-state index contributed by atoms with van der Waals surface area (Å²) in [4.78, 5) is 45.6. The van der Waals surface area contributed by atoms with Crippen molar-refractivity contribution in [3.05, 3.63) is 25.3 Å². The van der Waals surface area contributed by atoms with Gasteiger partial charge in [0.05, 0.1) is 37.2 Å². The van der Waals surface area contributed by atoms with E-state index in [1.165, 1.54) is 0 Å². The van der Waals surface area contributed by atoms with Gasteiger partial charge in [0.15, 0.2) is 0 Å². The topological polar surface area (TPSA) is 96.4 Å². The van der Waals surface area contributed by atoms with Crippen molar-refractivity contribution in [2.45, 2.75) is 99.9 Å². The molecule has 1 aliphatic carbocycles. The highest BCUT2D eigenvalue weighted by atomic mass is 79.9. The van der Waals surface area contributed by atoms with Crippen LogP contribution in [0.25, 0.3) is 0 Å². The van der Waals surface area contributed by atoms with Crippen LogP contribution in [0, 0.1) is 17.8 Å². The Morgan fingerprint density at radius 1 is 1.29 bits per heavy atom. The van der Waals surface area contributed by atoms with E-state index in [1.807, 2.05) is 18.7 Å². The molecule has 0 aromatic rings. The molecule has 38 heavy (non-hydrogen) atoms. The number of amides is 2. The Morgan fingerprint density at radius 3 is 2.61 bits per heavy atom. The zero-order chi connectivity index (χ0) is 27.6. The molecule has 4 fully saturated rings. The Balaban J connectivity index is 1.78. The van der Waals surface area contributed by atoms with Crippen molar-refractivity contribution < 1.29 is 29.0 Å². The number of aliphatic hydroxyl groups excluding tert-OH is 1. The molecule has 3 unspecified atom stereocenters. The zero-order valence-corrected chi connectivity index (χ0v) is 24.3. The number of fused-ring (bicyclic) bond motifs is 1. The lowest BCUT2D eigenvalue weighted by atomic mass is 9.70. The lowest BCUT2D eigenvalue weighted by Gasteiger charge is -2.43. The van der Waals surface area contributed by atoms with Crippen molar-refractivity contribution in [1.82, 2.24) is 9.80 Å². The van der Waals surface area contributed by atoms with Gasteiger partial charge in [-0.25, -0.2) is 0 Å². The molecule has 0 radical (unpaired) electrons. The molecule has 4 rings (SSSR count). The first-order valence-corrected chi connectivity index (χ1v) is 15.1. The molecular weight excluding hydrogens is 552 g/mol. The van der Waals surface area contributed by atoms with Gasteiger partial charge in [0.25, 0.3) is 0 Å². The Labute approximate surface area is 234 Å². The van der Waals surface area contributed by atoms with Gasteiger partial charge in [-0.1, -0.05) is 67.6 Å². The van der Waals surface area contributed by atoms with E-state index in [-0.39, 0.29) is 41.8 Å². The van der Waals surface area contributed by atoms with Crippen LogP contribution in [-0.2, 0) is 23.9 Å². The van der Waals surface area contributed by atoms with Crippen molar-refractivity contribution >= 4 is 33.7 Å². The molecule has 4 aliphatic rings. The number of halogens is 1. The van der Waals surface area contributed by atoms with Gasteiger partial charge in [-0.3, -0.25) is 14.4 Å². The second-order valence-corrected chi connectivity index (χ2v) is 12.5.